The Kier molecular flexibility index (Phi) is 4.98. The highest BCUT2D eigenvalue weighted by molar-refractivity contribution is 5.32. The number of benzene rings is 1. The van der Waals surface area contributed by atoms with Crippen molar-refractivity contribution in [2.75, 3.05) is 20.3 Å². The summed E-state index contributed by atoms with van der Waals surface area (Å²) >= 11 is 0. The van der Waals surface area contributed by atoms with Gasteiger partial charge in [0, 0.05) is 18.6 Å². The molecule has 0 fully saturated rings. The van der Waals surface area contributed by atoms with Crippen LogP contribution >= 0.6 is 0 Å². The molecule has 0 bridgehead atoms. The lowest BCUT2D eigenvalue weighted by Gasteiger charge is -2.13. The maximum atomic E-state index is 9.00. The second-order valence-corrected chi connectivity index (χ2v) is 3.45. The first-order valence-corrected chi connectivity index (χ1v) is 5.17. The molecule has 1 atom stereocenters. The molecule has 0 radical (unpaired) electrons. The second kappa shape index (κ2) is 6.30. The molecule has 1 N–H and O–H groups in total. The van der Waals surface area contributed by atoms with E-state index in [9.17, 15) is 0 Å². The lowest BCUT2D eigenvalue weighted by Crippen LogP contribution is -2.14. The fraction of sp³-hybridized carbons (Fsp3) is 0.500. The van der Waals surface area contributed by atoms with Crippen molar-refractivity contribution < 1.29 is 14.6 Å². The summed E-state index contributed by atoms with van der Waals surface area (Å²) in [5.41, 5.74) is 0. The standard InChI is InChI=1S/C12H18O3/c1-3-10(8-13)9-15-12-6-4-5-11(7-12)14-2/h4-7,10,13H,3,8-9H2,1-2H3. The first-order chi connectivity index (χ1) is 7.30. The molecule has 0 aliphatic rings. The summed E-state index contributed by atoms with van der Waals surface area (Å²) in [6.07, 6.45) is 0.917. The third-order valence-corrected chi connectivity index (χ3v) is 2.36. The summed E-state index contributed by atoms with van der Waals surface area (Å²) in [6, 6.07) is 7.47. The molecule has 1 unspecified atom stereocenters. The summed E-state index contributed by atoms with van der Waals surface area (Å²) in [5.74, 6) is 1.77. The highest BCUT2D eigenvalue weighted by atomic mass is 16.5. The number of rotatable bonds is 6. The summed E-state index contributed by atoms with van der Waals surface area (Å²) in [7, 11) is 1.63. The molecule has 0 aliphatic carbocycles. The first kappa shape index (κ1) is 11.9. The van der Waals surface area contributed by atoms with Gasteiger partial charge in [0.2, 0.25) is 0 Å². The summed E-state index contributed by atoms with van der Waals surface area (Å²) < 4.78 is 10.6. The van der Waals surface area contributed by atoms with E-state index in [-0.39, 0.29) is 12.5 Å². The maximum absolute atomic E-state index is 9.00. The van der Waals surface area contributed by atoms with Gasteiger partial charge in [0.15, 0.2) is 0 Å². The van der Waals surface area contributed by atoms with Gasteiger partial charge < -0.3 is 14.6 Å². The van der Waals surface area contributed by atoms with Crippen LogP contribution in [0.4, 0.5) is 0 Å². The smallest absolute Gasteiger partial charge is 0.122 e. The van der Waals surface area contributed by atoms with Gasteiger partial charge in [0.25, 0.3) is 0 Å². The highest BCUT2D eigenvalue weighted by Crippen LogP contribution is 2.19. The SMILES string of the molecule is CCC(CO)COc1cccc(OC)c1. The molecule has 15 heavy (non-hydrogen) atoms. The Labute approximate surface area is 90.6 Å². The molecule has 0 saturated heterocycles. The lowest BCUT2D eigenvalue weighted by atomic mass is 10.1. The number of aliphatic hydroxyl groups excluding tert-OH is 1. The van der Waals surface area contributed by atoms with E-state index in [0.29, 0.717) is 6.61 Å². The van der Waals surface area contributed by atoms with Crippen molar-refractivity contribution in [3.05, 3.63) is 24.3 Å². The largest absolute Gasteiger partial charge is 0.497 e. The van der Waals surface area contributed by atoms with Crippen molar-refractivity contribution in [2.45, 2.75) is 13.3 Å². The van der Waals surface area contributed by atoms with Crippen molar-refractivity contribution >= 4 is 0 Å². The molecule has 0 spiro atoms. The van der Waals surface area contributed by atoms with Crippen LogP contribution in [0.5, 0.6) is 11.5 Å². The molecular weight excluding hydrogens is 192 g/mol. The van der Waals surface area contributed by atoms with Gasteiger partial charge in [-0.15, -0.1) is 0 Å². The van der Waals surface area contributed by atoms with E-state index in [1.54, 1.807) is 7.11 Å². The average molecular weight is 210 g/mol. The molecule has 1 rings (SSSR count). The van der Waals surface area contributed by atoms with Gasteiger partial charge in [-0.05, 0) is 18.6 Å². The normalized spacial score (nSPS) is 12.2. The van der Waals surface area contributed by atoms with Gasteiger partial charge in [-0.1, -0.05) is 13.0 Å². The Hall–Kier alpha value is -1.22. The minimum Gasteiger partial charge on any atom is -0.497 e. The van der Waals surface area contributed by atoms with Gasteiger partial charge in [0.05, 0.1) is 13.7 Å². The zero-order valence-electron chi connectivity index (χ0n) is 9.27. The molecule has 0 heterocycles. The monoisotopic (exact) mass is 210 g/mol. The number of hydrogen-bond donors (Lipinski definition) is 1. The quantitative estimate of drug-likeness (QED) is 0.781. The number of ether oxygens (including phenoxy) is 2. The van der Waals surface area contributed by atoms with Crippen LogP contribution in [0, 0.1) is 5.92 Å². The third kappa shape index (κ3) is 3.80. The van der Waals surface area contributed by atoms with Crippen LogP contribution in [0.25, 0.3) is 0 Å². The van der Waals surface area contributed by atoms with E-state index in [1.807, 2.05) is 31.2 Å². The van der Waals surface area contributed by atoms with Crippen molar-refractivity contribution in [1.82, 2.24) is 0 Å². The minimum atomic E-state index is 0.167. The lowest BCUT2D eigenvalue weighted by molar-refractivity contribution is 0.159. The Morgan fingerprint density at radius 3 is 2.67 bits per heavy atom. The van der Waals surface area contributed by atoms with Crippen molar-refractivity contribution in [3.8, 4) is 11.5 Å². The van der Waals surface area contributed by atoms with Gasteiger partial charge in [0.1, 0.15) is 11.5 Å². The van der Waals surface area contributed by atoms with Crippen LogP contribution in [0.15, 0.2) is 24.3 Å². The van der Waals surface area contributed by atoms with Crippen molar-refractivity contribution in [3.63, 3.8) is 0 Å². The van der Waals surface area contributed by atoms with Crippen LogP contribution in [0.2, 0.25) is 0 Å². The molecule has 84 valence electrons. The first-order valence-electron chi connectivity index (χ1n) is 5.17. The van der Waals surface area contributed by atoms with E-state index < -0.39 is 0 Å². The van der Waals surface area contributed by atoms with Crippen molar-refractivity contribution in [1.29, 1.82) is 0 Å². The Balaban J connectivity index is 2.49. The Morgan fingerprint density at radius 2 is 2.07 bits per heavy atom. The van der Waals surface area contributed by atoms with Crippen molar-refractivity contribution in [2.24, 2.45) is 5.92 Å². The molecule has 0 aromatic heterocycles. The summed E-state index contributed by atoms with van der Waals surface area (Å²) in [6.45, 7) is 2.75. The molecule has 1 aromatic rings. The Bertz CT molecular complexity index is 282. The molecule has 0 amide bonds. The fourth-order valence-electron chi connectivity index (χ4n) is 1.20. The van der Waals surface area contributed by atoms with Crippen LogP contribution in [0.1, 0.15) is 13.3 Å². The molecule has 0 saturated carbocycles. The zero-order chi connectivity index (χ0) is 11.1. The number of aliphatic hydroxyl groups is 1. The van der Waals surface area contributed by atoms with Gasteiger partial charge in [-0.2, -0.15) is 0 Å². The molecule has 3 heteroatoms. The average Bonchev–Trinajstić information content (AvgIpc) is 2.31. The Morgan fingerprint density at radius 1 is 1.33 bits per heavy atom. The van der Waals surface area contributed by atoms with E-state index in [4.69, 9.17) is 14.6 Å². The van der Waals surface area contributed by atoms with Crippen LogP contribution in [-0.4, -0.2) is 25.4 Å². The molecular formula is C12H18O3. The van der Waals surface area contributed by atoms with E-state index >= 15 is 0 Å². The summed E-state index contributed by atoms with van der Waals surface area (Å²) in [4.78, 5) is 0. The number of hydrogen-bond acceptors (Lipinski definition) is 3. The summed E-state index contributed by atoms with van der Waals surface area (Å²) in [5, 5.41) is 9.00. The molecule has 0 aliphatic heterocycles. The van der Waals surface area contributed by atoms with Gasteiger partial charge >= 0.3 is 0 Å². The maximum Gasteiger partial charge on any atom is 0.122 e. The second-order valence-electron chi connectivity index (χ2n) is 3.45. The third-order valence-electron chi connectivity index (χ3n) is 2.36. The highest BCUT2D eigenvalue weighted by Gasteiger charge is 2.05. The van der Waals surface area contributed by atoms with Crippen LogP contribution in [-0.2, 0) is 0 Å². The van der Waals surface area contributed by atoms with Crippen LogP contribution in [0.3, 0.4) is 0 Å². The van der Waals surface area contributed by atoms with Gasteiger partial charge in [-0.25, -0.2) is 0 Å². The predicted octanol–water partition coefficient (Wildman–Crippen LogP) is 2.09. The van der Waals surface area contributed by atoms with E-state index in [0.717, 1.165) is 17.9 Å². The molecule has 1 aromatic carbocycles. The minimum absolute atomic E-state index is 0.167. The topological polar surface area (TPSA) is 38.7 Å². The van der Waals surface area contributed by atoms with Gasteiger partial charge in [-0.3, -0.25) is 0 Å². The van der Waals surface area contributed by atoms with E-state index in [1.165, 1.54) is 0 Å². The number of methoxy groups -OCH3 is 1. The van der Waals surface area contributed by atoms with Crippen LogP contribution < -0.4 is 9.47 Å². The fourth-order valence-corrected chi connectivity index (χ4v) is 1.20. The zero-order valence-corrected chi connectivity index (χ0v) is 9.27. The molecule has 3 nitrogen and oxygen atoms in total. The van der Waals surface area contributed by atoms with E-state index in [2.05, 4.69) is 0 Å². The predicted molar refractivity (Wildman–Crippen MR) is 59.4 cm³/mol.